The Morgan fingerprint density at radius 1 is 0.960 bits per heavy atom. The van der Waals surface area contributed by atoms with E-state index in [1.54, 1.807) is 0 Å². The lowest BCUT2D eigenvalue weighted by Gasteiger charge is -2.48. The van der Waals surface area contributed by atoms with Gasteiger partial charge in [0.05, 0.1) is 18.6 Å². The fourth-order valence-corrected chi connectivity index (χ4v) is 5.15. The minimum Gasteiger partial charge on any atom is -0.462 e. The molecule has 4 rings (SSSR count). The molecule has 0 amide bonds. The van der Waals surface area contributed by atoms with E-state index in [9.17, 15) is 20.1 Å². The minimum atomic E-state index is -1.28. The molecule has 7 heteroatoms. The molecule has 0 radical (unpaired) electrons. The summed E-state index contributed by atoms with van der Waals surface area (Å²) in [5, 5.41) is 29.3. The Labute approximate surface area is 147 Å². The van der Waals surface area contributed by atoms with Gasteiger partial charge in [0, 0.05) is 6.42 Å². The van der Waals surface area contributed by atoms with Crippen LogP contribution in [-0.2, 0) is 19.0 Å². The summed E-state index contributed by atoms with van der Waals surface area (Å²) in [6.45, 7) is -0.0690. The van der Waals surface area contributed by atoms with Gasteiger partial charge < -0.3 is 29.5 Å². The summed E-state index contributed by atoms with van der Waals surface area (Å²) in [5.41, 5.74) is 0. The van der Waals surface area contributed by atoms with Crippen molar-refractivity contribution < 1.29 is 34.3 Å². The Balaban J connectivity index is 1.37. The van der Waals surface area contributed by atoms with Gasteiger partial charge in [-0.15, -0.1) is 0 Å². The quantitative estimate of drug-likeness (QED) is 0.613. The van der Waals surface area contributed by atoms with Gasteiger partial charge in [-0.25, -0.2) is 0 Å². The second-order valence-electron chi connectivity index (χ2n) is 8.02. The van der Waals surface area contributed by atoms with Crippen LogP contribution in [0.5, 0.6) is 0 Å². The molecule has 9 atom stereocenters. The largest absolute Gasteiger partial charge is 0.462 e. The Hall–Kier alpha value is -0.730. The third-order valence-corrected chi connectivity index (χ3v) is 6.52. The predicted octanol–water partition coefficient (Wildman–Crippen LogP) is 0.342. The van der Waals surface area contributed by atoms with Gasteiger partial charge in [0.25, 0.3) is 0 Å². The summed E-state index contributed by atoms with van der Waals surface area (Å²) in [5.74, 6) is 0.869. The van der Waals surface area contributed by atoms with Crippen LogP contribution >= 0.6 is 0 Å². The molecule has 0 aromatic rings. The van der Waals surface area contributed by atoms with Crippen LogP contribution in [0.25, 0.3) is 0 Å². The number of hydrogen-bond acceptors (Lipinski definition) is 7. The van der Waals surface area contributed by atoms with Gasteiger partial charge in [0.2, 0.25) is 0 Å². The normalized spacial score (nSPS) is 50.5. The van der Waals surface area contributed by atoms with E-state index in [-0.39, 0.29) is 30.7 Å². The zero-order chi connectivity index (χ0) is 17.6. The summed E-state index contributed by atoms with van der Waals surface area (Å²) in [4.78, 5) is 12.3. The fourth-order valence-electron chi connectivity index (χ4n) is 5.15. The van der Waals surface area contributed by atoms with Gasteiger partial charge in [0.1, 0.15) is 24.4 Å². The van der Waals surface area contributed by atoms with E-state index >= 15 is 0 Å². The van der Waals surface area contributed by atoms with Gasteiger partial charge in [-0.05, 0) is 37.5 Å². The molecule has 4 aliphatic rings. The molecular weight excluding hydrogens is 328 g/mol. The van der Waals surface area contributed by atoms with Crippen molar-refractivity contribution in [2.24, 2.45) is 17.8 Å². The third kappa shape index (κ3) is 3.32. The van der Waals surface area contributed by atoms with E-state index in [1.807, 2.05) is 0 Å². The minimum absolute atomic E-state index is 0.0564. The highest BCUT2D eigenvalue weighted by Gasteiger charge is 2.49. The zero-order valence-electron chi connectivity index (χ0n) is 14.3. The summed E-state index contributed by atoms with van der Waals surface area (Å²) in [6, 6.07) is 0. The van der Waals surface area contributed by atoms with E-state index in [0.29, 0.717) is 18.3 Å². The number of fused-ring (bicyclic) bond motifs is 3. The van der Waals surface area contributed by atoms with Crippen LogP contribution in [0.1, 0.15) is 44.9 Å². The maximum absolute atomic E-state index is 12.3. The number of aliphatic hydroxyl groups excluding tert-OH is 3. The van der Waals surface area contributed by atoms with Gasteiger partial charge in [-0.2, -0.15) is 0 Å². The predicted molar refractivity (Wildman–Crippen MR) is 85.3 cm³/mol. The van der Waals surface area contributed by atoms with Crippen molar-refractivity contribution in [3.63, 3.8) is 0 Å². The van der Waals surface area contributed by atoms with Gasteiger partial charge >= 0.3 is 5.97 Å². The highest BCUT2D eigenvalue weighted by atomic mass is 16.7. The van der Waals surface area contributed by atoms with Crippen molar-refractivity contribution in [1.82, 2.24) is 0 Å². The van der Waals surface area contributed by atoms with Gasteiger partial charge in [0.15, 0.2) is 6.29 Å². The number of ether oxygens (including phenoxy) is 3. The Kier molecular flexibility index (Phi) is 5.03. The first kappa shape index (κ1) is 17.7. The molecular formula is C18H28O7. The molecule has 9 unspecified atom stereocenters. The van der Waals surface area contributed by atoms with Crippen molar-refractivity contribution in [2.45, 2.75) is 81.8 Å². The molecule has 2 saturated carbocycles. The van der Waals surface area contributed by atoms with Gasteiger partial charge in [-0.3, -0.25) is 4.79 Å². The van der Waals surface area contributed by atoms with E-state index < -0.39 is 24.6 Å². The second kappa shape index (κ2) is 7.12. The van der Waals surface area contributed by atoms with Crippen LogP contribution < -0.4 is 0 Å². The molecule has 2 aliphatic carbocycles. The fraction of sp³-hybridized carbons (Fsp3) is 0.944. The summed E-state index contributed by atoms with van der Waals surface area (Å²) in [6.07, 6.45) is 1.83. The van der Waals surface area contributed by atoms with Crippen LogP contribution in [0.2, 0.25) is 0 Å². The topological polar surface area (TPSA) is 105 Å². The number of esters is 1. The molecule has 25 heavy (non-hydrogen) atoms. The maximum atomic E-state index is 12.3. The average molecular weight is 356 g/mol. The molecule has 7 nitrogen and oxygen atoms in total. The van der Waals surface area contributed by atoms with Crippen LogP contribution in [0.4, 0.5) is 0 Å². The van der Waals surface area contributed by atoms with Crippen molar-refractivity contribution in [2.75, 3.05) is 6.61 Å². The second-order valence-corrected chi connectivity index (χ2v) is 8.02. The van der Waals surface area contributed by atoms with E-state index in [4.69, 9.17) is 14.2 Å². The van der Waals surface area contributed by atoms with Crippen molar-refractivity contribution >= 4 is 5.97 Å². The van der Waals surface area contributed by atoms with Crippen molar-refractivity contribution in [3.8, 4) is 0 Å². The van der Waals surface area contributed by atoms with Gasteiger partial charge in [-0.1, -0.05) is 12.8 Å². The van der Waals surface area contributed by atoms with E-state index in [0.717, 1.165) is 32.1 Å². The summed E-state index contributed by atoms with van der Waals surface area (Å²) in [7, 11) is 0. The number of rotatable bonds is 2. The smallest absolute Gasteiger partial charge is 0.309 e. The highest BCUT2D eigenvalue weighted by molar-refractivity contribution is 5.74. The first-order valence-electron chi connectivity index (χ1n) is 9.56. The maximum Gasteiger partial charge on any atom is 0.309 e. The Morgan fingerprint density at radius 2 is 1.76 bits per heavy atom. The molecule has 0 aromatic heterocycles. The molecule has 3 N–H and O–H groups in total. The third-order valence-electron chi connectivity index (χ3n) is 6.52. The lowest BCUT2D eigenvalue weighted by Crippen LogP contribution is -2.55. The molecule has 0 spiro atoms. The van der Waals surface area contributed by atoms with Crippen LogP contribution in [-0.4, -0.2) is 64.7 Å². The SMILES string of the molecule is O=C1OC2CC(OC3OCC(O)C(O)C3O)CCC2C2CCCCC12. The molecule has 2 heterocycles. The van der Waals surface area contributed by atoms with E-state index in [1.165, 1.54) is 6.42 Å². The van der Waals surface area contributed by atoms with Crippen LogP contribution in [0.3, 0.4) is 0 Å². The standard InChI is InChI=1S/C18H28O7/c19-13-8-23-18(16(21)15(13)20)24-9-5-6-11-10-3-1-2-4-12(10)17(22)25-14(11)7-9/h9-16,18-21H,1-8H2. The first-order valence-corrected chi connectivity index (χ1v) is 9.56. The zero-order valence-corrected chi connectivity index (χ0v) is 14.3. The number of hydrogen-bond donors (Lipinski definition) is 3. The molecule has 142 valence electrons. The Morgan fingerprint density at radius 3 is 2.60 bits per heavy atom. The Bertz CT molecular complexity index is 498. The molecule has 2 saturated heterocycles. The average Bonchev–Trinajstić information content (AvgIpc) is 2.62. The first-order chi connectivity index (χ1) is 12.0. The van der Waals surface area contributed by atoms with Crippen LogP contribution in [0, 0.1) is 17.8 Å². The van der Waals surface area contributed by atoms with E-state index in [2.05, 4.69) is 0 Å². The van der Waals surface area contributed by atoms with Crippen molar-refractivity contribution in [1.29, 1.82) is 0 Å². The summed E-state index contributed by atoms with van der Waals surface area (Å²) < 4.78 is 16.9. The molecule has 0 bridgehead atoms. The number of carbonyl (C=O) groups excluding carboxylic acids is 1. The van der Waals surface area contributed by atoms with Crippen molar-refractivity contribution in [3.05, 3.63) is 0 Å². The molecule has 2 aliphatic heterocycles. The monoisotopic (exact) mass is 356 g/mol. The number of carbonyl (C=O) groups is 1. The number of aliphatic hydroxyl groups is 3. The summed E-state index contributed by atoms with van der Waals surface area (Å²) >= 11 is 0. The highest BCUT2D eigenvalue weighted by Crippen LogP contribution is 2.47. The lowest BCUT2D eigenvalue weighted by molar-refractivity contribution is -0.289. The molecule has 0 aromatic carbocycles. The van der Waals surface area contributed by atoms with Crippen LogP contribution in [0.15, 0.2) is 0 Å². The lowest BCUT2D eigenvalue weighted by atomic mass is 9.65. The molecule has 4 fully saturated rings.